The summed E-state index contributed by atoms with van der Waals surface area (Å²) in [4.78, 5) is 0. The van der Waals surface area contributed by atoms with Crippen LogP contribution < -0.4 is 5.32 Å². The van der Waals surface area contributed by atoms with Crippen molar-refractivity contribution in [2.75, 3.05) is 0 Å². The molecule has 2 heterocycles. The molecule has 2 aromatic carbocycles. The van der Waals surface area contributed by atoms with Gasteiger partial charge in [-0.05, 0) is 89.6 Å². The molecule has 0 aromatic heterocycles. The number of benzene rings is 2. The molecule has 5 aliphatic rings. The maximum atomic E-state index is 3.20. The fraction of sp³-hybridized carbons (Fsp3) is 0.231. The van der Waals surface area contributed by atoms with Crippen molar-refractivity contribution < 1.29 is 0 Å². The lowest BCUT2D eigenvalue weighted by Gasteiger charge is -2.25. The van der Waals surface area contributed by atoms with Gasteiger partial charge >= 0.3 is 0 Å². The van der Waals surface area contributed by atoms with Gasteiger partial charge in [0, 0.05) is 11.9 Å². The summed E-state index contributed by atoms with van der Waals surface area (Å²) in [6.07, 6.45) is 20.3. The van der Waals surface area contributed by atoms with Gasteiger partial charge in [-0.2, -0.15) is 0 Å². The Morgan fingerprint density at radius 2 is 1.67 bits per heavy atom. The Morgan fingerprint density at radius 3 is 2.59 bits per heavy atom. The predicted molar refractivity (Wildman–Crippen MR) is 114 cm³/mol. The maximum Gasteiger partial charge on any atom is 0.0150 e. The van der Waals surface area contributed by atoms with E-state index in [9.17, 15) is 0 Å². The Hall–Kier alpha value is -2.80. The number of fused-ring (bicyclic) bond motifs is 8. The summed E-state index contributed by atoms with van der Waals surface area (Å²) in [5.74, 6) is 0. The van der Waals surface area contributed by atoms with Crippen molar-refractivity contribution >= 4 is 6.08 Å². The number of allylic oxidation sites excluding steroid dienone is 6. The zero-order chi connectivity index (χ0) is 18.1. The number of nitrogens with one attached hydrogen (secondary N) is 1. The molecule has 2 aliphatic heterocycles. The van der Waals surface area contributed by atoms with Crippen LogP contribution in [0.5, 0.6) is 0 Å². The molecule has 1 nitrogen and oxygen atoms in total. The fourth-order valence-corrected chi connectivity index (χ4v) is 4.57. The highest BCUT2D eigenvalue weighted by Crippen LogP contribution is 2.38. The minimum absolute atomic E-state index is 1.18. The molecule has 0 fully saturated rings. The Labute approximate surface area is 161 Å². The van der Waals surface area contributed by atoms with Crippen molar-refractivity contribution in [3.05, 3.63) is 100 Å². The lowest BCUT2D eigenvalue weighted by atomic mass is 9.80. The van der Waals surface area contributed by atoms with Crippen LogP contribution in [0.2, 0.25) is 0 Å². The normalized spacial score (nSPS) is 17.9. The Bertz CT molecular complexity index is 1000. The third kappa shape index (κ3) is 3.19. The molecule has 7 rings (SSSR count). The van der Waals surface area contributed by atoms with Gasteiger partial charge in [-0.1, -0.05) is 54.6 Å². The van der Waals surface area contributed by atoms with Gasteiger partial charge in [0.15, 0.2) is 0 Å². The van der Waals surface area contributed by atoms with Gasteiger partial charge in [0.05, 0.1) is 0 Å². The average molecular weight is 351 g/mol. The third-order valence-electron chi connectivity index (χ3n) is 6.03. The molecule has 1 N–H and O–H groups in total. The smallest absolute Gasteiger partial charge is 0.0150 e. The van der Waals surface area contributed by atoms with Crippen LogP contribution in [0.25, 0.3) is 17.2 Å². The van der Waals surface area contributed by atoms with Gasteiger partial charge in [0.2, 0.25) is 0 Å². The summed E-state index contributed by atoms with van der Waals surface area (Å²) in [5.41, 5.74) is 11.9. The number of hydrogen-bond acceptors (Lipinski definition) is 1. The molecule has 0 atom stereocenters. The van der Waals surface area contributed by atoms with Crippen molar-refractivity contribution in [3.63, 3.8) is 0 Å². The minimum Gasteiger partial charge on any atom is -0.365 e. The molecule has 0 radical (unpaired) electrons. The molecule has 0 saturated carbocycles. The topological polar surface area (TPSA) is 12.0 Å². The van der Waals surface area contributed by atoms with Crippen molar-refractivity contribution in [3.8, 4) is 11.1 Å². The summed E-state index contributed by atoms with van der Waals surface area (Å²) in [7, 11) is 0. The number of aryl methyl sites for hydroxylation is 1. The molecule has 0 unspecified atom stereocenters. The second-order valence-electron chi connectivity index (χ2n) is 7.67. The van der Waals surface area contributed by atoms with E-state index < -0.39 is 0 Å². The molecule has 3 aliphatic carbocycles. The Kier molecular flexibility index (Phi) is 4.29. The molecular weight excluding hydrogens is 326 g/mol. The first kappa shape index (κ1) is 16.4. The highest BCUT2D eigenvalue weighted by molar-refractivity contribution is 5.77. The average Bonchev–Trinajstić information content (AvgIpc) is 3.12. The highest BCUT2D eigenvalue weighted by Gasteiger charge is 2.20. The van der Waals surface area contributed by atoms with Crippen molar-refractivity contribution in [1.29, 1.82) is 0 Å². The van der Waals surface area contributed by atoms with Crippen LogP contribution in [0, 0.1) is 0 Å². The van der Waals surface area contributed by atoms with E-state index in [-0.39, 0.29) is 0 Å². The molecule has 134 valence electrons. The SMILES string of the molecule is C1=CC2=CC=C(CC2)N1.C1=Cc2ccc3c(c2CC1)CCc1ccccc1-3. The van der Waals surface area contributed by atoms with E-state index in [2.05, 4.69) is 72.1 Å². The van der Waals surface area contributed by atoms with Crippen LogP contribution in [-0.4, -0.2) is 0 Å². The van der Waals surface area contributed by atoms with Gasteiger partial charge in [-0.15, -0.1) is 0 Å². The second-order valence-corrected chi connectivity index (χ2v) is 7.67. The minimum atomic E-state index is 1.18. The zero-order valence-electron chi connectivity index (χ0n) is 15.7. The number of hydrogen-bond donors (Lipinski definition) is 1. The monoisotopic (exact) mass is 351 g/mol. The van der Waals surface area contributed by atoms with Gasteiger partial charge in [0.1, 0.15) is 0 Å². The summed E-state index contributed by atoms with van der Waals surface area (Å²) in [6, 6.07) is 13.5. The first-order valence-electron chi connectivity index (χ1n) is 10.1. The molecule has 0 saturated heterocycles. The fourth-order valence-electron chi connectivity index (χ4n) is 4.57. The summed E-state index contributed by atoms with van der Waals surface area (Å²) in [5, 5.41) is 3.20. The maximum absolute atomic E-state index is 3.20. The standard InChI is InChI=1S/C18H16.C8H9N/c1-3-7-15-13(5-1)9-11-18-16-8-4-2-6-14(16)10-12-17(15)18;1-3-8-4-2-7(1)5-6-9-8/h1-3,5-7,10,12H,4,8-9,11H2;1,3,5-6,9H,2,4H2. The van der Waals surface area contributed by atoms with Crippen LogP contribution >= 0.6 is 0 Å². The first-order chi connectivity index (χ1) is 13.4. The van der Waals surface area contributed by atoms with Gasteiger partial charge < -0.3 is 5.32 Å². The molecule has 2 aromatic rings. The lowest BCUT2D eigenvalue weighted by Crippen LogP contribution is -2.09. The molecule has 0 amide bonds. The Balaban J connectivity index is 0.000000149. The first-order valence-corrected chi connectivity index (χ1v) is 10.1. The van der Waals surface area contributed by atoms with Crippen molar-refractivity contribution in [2.24, 2.45) is 0 Å². The summed E-state index contributed by atoms with van der Waals surface area (Å²) >= 11 is 0. The van der Waals surface area contributed by atoms with E-state index >= 15 is 0 Å². The van der Waals surface area contributed by atoms with E-state index in [4.69, 9.17) is 0 Å². The molecular formula is C26H25N. The number of rotatable bonds is 0. The van der Waals surface area contributed by atoms with Crippen LogP contribution in [-0.2, 0) is 19.3 Å². The van der Waals surface area contributed by atoms with Crippen LogP contribution in [0.3, 0.4) is 0 Å². The molecule has 0 spiro atoms. The van der Waals surface area contributed by atoms with Crippen LogP contribution in [0.15, 0.2) is 78.2 Å². The predicted octanol–water partition coefficient (Wildman–Crippen LogP) is 6.12. The molecule has 1 heteroatoms. The summed E-state index contributed by atoms with van der Waals surface area (Å²) in [6.45, 7) is 0. The van der Waals surface area contributed by atoms with Crippen molar-refractivity contribution in [2.45, 2.75) is 38.5 Å². The van der Waals surface area contributed by atoms with E-state index in [1.165, 1.54) is 72.0 Å². The van der Waals surface area contributed by atoms with Gasteiger partial charge in [-0.3, -0.25) is 0 Å². The quantitative estimate of drug-likeness (QED) is 0.603. The van der Waals surface area contributed by atoms with E-state index in [1.807, 2.05) is 6.20 Å². The highest BCUT2D eigenvalue weighted by atomic mass is 14.9. The molecule has 2 bridgehead atoms. The largest absolute Gasteiger partial charge is 0.365 e. The zero-order valence-corrected chi connectivity index (χ0v) is 15.7. The van der Waals surface area contributed by atoms with Crippen molar-refractivity contribution in [1.82, 2.24) is 5.32 Å². The van der Waals surface area contributed by atoms with Crippen LogP contribution in [0.1, 0.15) is 41.5 Å². The van der Waals surface area contributed by atoms with Crippen LogP contribution in [0.4, 0.5) is 0 Å². The van der Waals surface area contributed by atoms with Gasteiger partial charge in [-0.25, -0.2) is 0 Å². The lowest BCUT2D eigenvalue weighted by molar-refractivity contribution is 0.874. The van der Waals surface area contributed by atoms with E-state index in [0.717, 1.165) is 0 Å². The second kappa shape index (κ2) is 7.08. The third-order valence-corrected chi connectivity index (χ3v) is 6.03. The van der Waals surface area contributed by atoms with E-state index in [1.54, 1.807) is 11.1 Å². The molecule has 27 heavy (non-hydrogen) atoms. The van der Waals surface area contributed by atoms with E-state index in [0.29, 0.717) is 0 Å². The Morgan fingerprint density at radius 1 is 0.704 bits per heavy atom. The van der Waals surface area contributed by atoms with Gasteiger partial charge in [0.25, 0.3) is 0 Å². The summed E-state index contributed by atoms with van der Waals surface area (Å²) < 4.78 is 0.